The summed E-state index contributed by atoms with van der Waals surface area (Å²) in [5.74, 6) is 2.21. The summed E-state index contributed by atoms with van der Waals surface area (Å²) in [6.45, 7) is 10.6. The summed E-state index contributed by atoms with van der Waals surface area (Å²) in [4.78, 5) is 24.0. The summed E-state index contributed by atoms with van der Waals surface area (Å²) in [6, 6.07) is 0. The van der Waals surface area contributed by atoms with Crippen LogP contribution in [-0.4, -0.2) is 22.6 Å². The zero-order valence-electron chi connectivity index (χ0n) is 16.8. The van der Waals surface area contributed by atoms with Gasteiger partial charge in [0.25, 0.3) is 0 Å². The lowest BCUT2D eigenvalue weighted by molar-refractivity contribution is -0.132. The monoisotopic (exact) mass is 362 g/mol. The number of hydrogen-bond donors (Lipinski definition) is 3. The molecule has 0 heterocycles. The molecule has 3 N–H and O–H groups in total. The van der Waals surface area contributed by atoms with E-state index in [1.165, 1.54) is 0 Å². The van der Waals surface area contributed by atoms with E-state index < -0.39 is 6.09 Å². The van der Waals surface area contributed by atoms with Gasteiger partial charge in [-0.3, -0.25) is 10.1 Å². The summed E-state index contributed by atoms with van der Waals surface area (Å²) < 4.78 is 0. The Morgan fingerprint density at radius 1 is 1.19 bits per heavy atom. The minimum atomic E-state index is -0.970. The zero-order chi connectivity index (χ0) is 19.3. The van der Waals surface area contributed by atoms with Crippen LogP contribution in [0.25, 0.3) is 0 Å². The van der Waals surface area contributed by atoms with E-state index in [0.717, 1.165) is 37.8 Å². The Kier molecular flexibility index (Phi) is 4.87. The Bertz CT molecular complexity index is 621. The smallest absolute Gasteiger partial charge is 0.408 e. The SMILES string of the molecule is C[C@@H]1C(NC(=O)O)=CC[C@@H]2[C@@H]1CC[C@]1(C)[C@@H](C(=O)NC(C)(C)C)CC[C@@H]21. The Morgan fingerprint density at radius 3 is 2.50 bits per heavy atom. The Hall–Kier alpha value is -1.52. The van der Waals surface area contributed by atoms with Crippen molar-refractivity contribution >= 4 is 12.0 Å². The highest BCUT2D eigenvalue weighted by molar-refractivity contribution is 5.80. The van der Waals surface area contributed by atoms with Crippen LogP contribution in [0.3, 0.4) is 0 Å². The number of carbonyl (C=O) groups excluding carboxylic acids is 1. The summed E-state index contributed by atoms with van der Waals surface area (Å²) in [5.41, 5.74) is 0.742. The van der Waals surface area contributed by atoms with Crippen LogP contribution >= 0.6 is 0 Å². The molecule has 0 spiro atoms. The highest BCUT2D eigenvalue weighted by atomic mass is 16.4. The average Bonchev–Trinajstić information content (AvgIpc) is 2.85. The predicted molar refractivity (Wildman–Crippen MR) is 101 cm³/mol. The number of nitrogens with one attached hydrogen (secondary N) is 2. The van der Waals surface area contributed by atoms with E-state index in [2.05, 4.69) is 30.6 Å². The van der Waals surface area contributed by atoms with E-state index in [-0.39, 0.29) is 28.7 Å². The normalized spacial score (nSPS) is 39.4. The molecule has 3 aliphatic rings. The number of fused-ring (bicyclic) bond motifs is 3. The fourth-order valence-corrected chi connectivity index (χ4v) is 6.13. The summed E-state index contributed by atoms with van der Waals surface area (Å²) >= 11 is 0. The zero-order valence-corrected chi connectivity index (χ0v) is 16.8. The number of rotatable bonds is 2. The van der Waals surface area contributed by atoms with Gasteiger partial charge in [0.1, 0.15) is 0 Å². The van der Waals surface area contributed by atoms with Crippen molar-refractivity contribution in [3.8, 4) is 0 Å². The molecule has 2 fully saturated rings. The van der Waals surface area contributed by atoms with Crippen molar-refractivity contribution < 1.29 is 14.7 Å². The maximum Gasteiger partial charge on any atom is 0.408 e. The lowest BCUT2D eigenvalue weighted by atomic mass is 9.54. The molecule has 0 unspecified atom stereocenters. The molecule has 5 nitrogen and oxygen atoms in total. The van der Waals surface area contributed by atoms with Gasteiger partial charge in [-0.05, 0) is 82.0 Å². The lowest BCUT2D eigenvalue weighted by Gasteiger charge is -2.51. The van der Waals surface area contributed by atoms with Crippen LogP contribution in [0.4, 0.5) is 4.79 Å². The van der Waals surface area contributed by atoms with Crippen molar-refractivity contribution in [3.05, 3.63) is 11.8 Å². The summed E-state index contributed by atoms with van der Waals surface area (Å²) in [7, 11) is 0. The van der Waals surface area contributed by atoms with E-state index in [4.69, 9.17) is 5.11 Å². The minimum Gasteiger partial charge on any atom is -0.465 e. The number of hydrogen-bond acceptors (Lipinski definition) is 2. The van der Waals surface area contributed by atoms with Gasteiger partial charge in [-0.25, -0.2) is 4.79 Å². The van der Waals surface area contributed by atoms with Crippen LogP contribution < -0.4 is 10.6 Å². The van der Waals surface area contributed by atoms with Crippen LogP contribution in [0, 0.1) is 35.0 Å². The second kappa shape index (κ2) is 6.58. The molecule has 0 radical (unpaired) electrons. The van der Waals surface area contributed by atoms with Crippen LogP contribution in [-0.2, 0) is 4.79 Å². The second-order valence-electron chi connectivity index (χ2n) is 9.96. The fraction of sp³-hybridized carbons (Fsp3) is 0.810. The second-order valence-corrected chi connectivity index (χ2v) is 9.96. The standard InChI is InChI=1S/C21H34N2O3/c1-12-13-10-11-21(5)15(14(13)6-9-17(12)22-19(25)26)7-8-16(21)18(24)23-20(2,3)4/h9,12-16,22H,6-8,10-11H2,1-5H3,(H,23,24)(H,25,26)/t12-,13+,14+,15-,16+,21-/m0/s1. The molecule has 2 saturated carbocycles. The van der Waals surface area contributed by atoms with Crippen molar-refractivity contribution in [1.29, 1.82) is 0 Å². The molecule has 0 aliphatic heterocycles. The van der Waals surface area contributed by atoms with Gasteiger partial charge in [-0.2, -0.15) is 0 Å². The molecule has 0 bridgehead atoms. The first-order valence-corrected chi connectivity index (χ1v) is 10.0. The molecule has 26 heavy (non-hydrogen) atoms. The Morgan fingerprint density at radius 2 is 1.88 bits per heavy atom. The predicted octanol–water partition coefficient (Wildman–Crippen LogP) is 4.15. The van der Waals surface area contributed by atoms with Crippen molar-refractivity contribution in [2.45, 2.75) is 72.3 Å². The molecule has 6 atom stereocenters. The van der Waals surface area contributed by atoms with Gasteiger partial charge in [-0.1, -0.05) is 19.9 Å². The number of carbonyl (C=O) groups is 2. The van der Waals surface area contributed by atoms with Gasteiger partial charge in [0.05, 0.1) is 0 Å². The van der Waals surface area contributed by atoms with E-state index in [9.17, 15) is 9.59 Å². The fourth-order valence-electron chi connectivity index (χ4n) is 6.13. The number of amides is 2. The minimum absolute atomic E-state index is 0.0712. The molecule has 0 aromatic rings. The third-order valence-electron chi connectivity index (χ3n) is 7.30. The third kappa shape index (κ3) is 3.37. The lowest BCUT2D eigenvalue weighted by Crippen LogP contribution is -2.51. The van der Waals surface area contributed by atoms with Crippen molar-refractivity contribution in [1.82, 2.24) is 10.6 Å². The van der Waals surface area contributed by atoms with E-state index in [1.54, 1.807) is 0 Å². The largest absolute Gasteiger partial charge is 0.465 e. The van der Waals surface area contributed by atoms with Gasteiger partial charge in [0.2, 0.25) is 5.91 Å². The maximum atomic E-state index is 12.9. The third-order valence-corrected chi connectivity index (χ3v) is 7.30. The Balaban J connectivity index is 1.78. The summed E-state index contributed by atoms with van der Waals surface area (Å²) in [5, 5.41) is 14.9. The van der Waals surface area contributed by atoms with Crippen LogP contribution in [0.1, 0.15) is 66.7 Å². The molecule has 5 heteroatoms. The van der Waals surface area contributed by atoms with Crippen LogP contribution in [0.5, 0.6) is 0 Å². The molecule has 0 aromatic carbocycles. The van der Waals surface area contributed by atoms with E-state index >= 15 is 0 Å². The molecule has 2 amide bonds. The molecular formula is C21H34N2O3. The van der Waals surface area contributed by atoms with Crippen LogP contribution in [0.15, 0.2) is 11.8 Å². The Labute approximate surface area is 157 Å². The molecule has 0 saturated heterocycles. The first-order valence-electron chi connectivity index (χ1n) is 10.0. The van der Waals surface area contributed by atoms with Gasteiger partial charge < -0.3 is 10.4 Å². The first-order chi connectivity index (χ1) is 12.0. The van der Waals surface area contributed by atoms with Gasteiger partial charge >= 0.3 is 6.09 Å². The van der Waals surface area contributed by atoms with Crippen LogP contribution in [0.2, 0.25) is 0 Å². The van der Waals surface area contributed by atoms with E-state index in [1.807, 2.05) is 20.8 Å². The molecule has 3 rings (SSSR count). The van der Waals surface area contributed by atoms with E-state index in [0.29, 0.717) is 17.8 Å². The highest BCUT2D eigenvalue weighted by Gasteiger charge is 2.57. The molecule has 146 valence electrons. The van der Waals surface area contributed by atoms with Crippen molar-refractivity contribution in [2.75, 3.05) is 0 Å². The summed E-state index contributed by atoms with van der Waals surface area (Å²) in [6.07, 6.45) is 6.28. The quantitative estimate of drug-likeness (QED) is 0.690. The first kappa shape index (κ1) is 19.2. The molecule has 3 aliphatic carbocycles. The van der Waals surface area contributed by atoms with Gasteiger partial charge in [0, 0.05) is 17.2 Å². The average molecular weight is 363 g/mol. The maximum absolute atomic E-state index is 12.9. The number of carboxylic acid groups (broad SMARTS) is 1. The van der Waals surface area contributed by atoms with Gasteiger partial charge in [0.15, 0.2) is 0 Å². The van der Waals surface area contributed by atoms with Crippen molar-refractivity contribution in [3.63, 3.8) is 0 Å². The van der Waals surface area contributed by atoms with Gasteiger partial charge in [-0.15, -0.1) is 0 Å². The van der Waals surface area contributed by atoms with Crippen molar-refractivity contribution in [2.24, 2.45) is 35.0 Å². The number of allylic oxidation sites excluding steroid dienone is 2. The highest BCUT2D eigenvalue weighted by Crippen LogP contribution is 2.62. The topological polar surface area (TPSA) is 78.4 Å². The molecular weight excluding hydrogens is 328 g/mol. The molecule has 0 aromatic heterocycles.